The minimum absolute atomic E-state index is 0.0981. The zero-order valence-electron chi connectivity index (χ0n) is 15.1. The number of benzene rings is 1. The van der Waals surface area contributed by atoms with Crippen molar-refractivity contribution in [1.82, 2.24) is 15.0 Å². The van der Waals surface area contributed by atoms with Gasteiger partial charge in [-0.2, -0.15) is 0 Å². The molecule has 1 aliphatic rings. The fourth-order valence-corrected chi connectivity index (χ4v) is 4.34. The van der Waals surface area contributed by atoms with Crippen LogP contribution in [0.15, 0.2) is 41.4 Å². The van der Waals surface area contributed by atoms with Crippen LogP contribution in [-0.2, 0) is 14.8 Å². The molecule has 1 aliphatic heterocycles. The summed E-state index contributed by atoms with van der Waals surface area (Å²) in [5, 5.41) is 12.9. The average molecular weight is 460 g/mol. The monoisotopic (exact) mass is 459 g/mol. The molecule has 0 spiro atoms. The van der Waals surface area contributed by atoms with E-state index in [1.165, 1.54) is 6.07 Å². The molecule has 2 heterocycles. The smallest absolute Gasteiger partial charge is 0.354 e. The normalized spacial score (nSPS) is 20.2. The second-order valence-corrected chi connectivity index (χ2v) is 9.05. The number of ether oxygens (including phenoxy) is 1. The van der Waals surface area contributed by atoms with Crippen LogP contribution in [0.4, 0.5) is 0 Å². The number of pyridine rings is 1. The van der Waals surface area contributed by atoms with Gasteiger partial charge in [0.1, 0.15) is 10.6 Å². The van der Waals surface area contributed by atoms with Crippen LogP contribution in [0.5, 0.6) is 0 Å². The highest BCUT2D eigenvalue weighted by molar-refractivity contribution is 7.89. The van der Waals surface area contributed by atoms with E-state index < -0.39 is 16.0 Å². The van der Waals surface area contributed by atoms with Crippen molar-refractivity contribution in [3.8, 4) is 0 Å². The van der Waals surface area contributed by atoms with Crippen molar-refractivity contribution in [2.75, 3.05) is 26.2 Å². The minimum atomic E-state index is -3.87. The predicted molar refractivity (Wildman–Crippen MR) is 108 cm³/mol. The van der Waals surface area contributed by atoms with Crippen LogP contribution in [0.2, 0.25) is 10.0 Å². The van der Waals surface area contributed by atoms with Gasteiger partial charge in [-0.3, -0.25) is 0 Å². The van der Waals surface area contributed by atoms with Crippen molar-refractivity contribution >= 4 is 39.2 Å². The topological polar surface area (TPSA) is 118 Å². The van der Waals surface area contributed by atoms with Crippen molar-refractivity contribution < 1.29 is 23.1 Å². The maximum absolute atomic E-state index is 12.6. The quantitative estimate of drug-likeness (QED) is 0.606. The molecule has 1 aromatic carbocycles. The van der Waals surface area contributed by atoms with E-state index in [4.69, 9.17) is 33.0 Å². The molecule has 2 aromatic rings. The van der Waals surface area contributed by atoms with Gasteiger partial charge in [0.25, 0.3) is 0 Å². The summed E-state index contributed by atoms with van der Waals surface area (Å²) >= 11 is 12.1. The standard InChI is InChI=1S/C18H19Cl2N3O5S/c19-14-3-1-11(7-15(14)20)17-12(8-21-5-6-28-17)9-23-29(26,27)13-2-4-16(18(24)25)22-10-13/h1-4,7,10,12,17,21,23H,5-6,8-9H2,(H,24,25)/t12-,17-/m0/s1. The lowest BCUT2D eigenvalue weighted by Gasteiger charge is -2.25. The van der Waals surface area contributed by atoms with E-state index in [0.29, 0.717) is 29.7 Å². The van der Waals surface area contributed by atoms with Crippen molar-refractivity contribution in [3.63, 3.8) is 0 Å². The maximum atomic E-state index is 12.6. The maximum Gasteiger partial charge on any atom is 0.354 e. The molecular formula is C18H19Cl2N3O5S. The Labute approximate surface area is 178 Å². The van der Waals surface area contributed by atoms with E-state index in [1.807, 2.05) is 0 Å². The summed E-state index contributed by atoms with van der Waals surface area (Å²) in [5.41, 5.74) is 0.574. The van der Waals surface area contributed by atoms with Crippen molar-refractivity contribution in [3.05, 3.63) is 57.8 Å². The Bertz CT molecular complexity index is 985. The summed E-state index contributed by atoms with van der Waals surface area (Å²) in [5.74, 6) is -1.44. The Hall–Kier alpha value is -1.75. The third kappa shape index (κ3) is 5.44. The van der Waals surface area contributed by atoms with E-state index in [0.717, 1.165) is 17.8 Å². The molecule has 3 N–H and O–H groups in total. The van der Waals surface area contributed by atoms with Crippen LogP contribution in [0.25, 0.3) is 0 Å². The van der Waals surface area contributed by atoms with Crippen molar-refractivity contribution in [2.24, 2.45) is 5.92 Å². The number of halogens is 2. The summed E-state index contributed by atoms with van der Waals surface area (Å²) in [4.78, 5) is 14.4. The minimum Gasteiger partial charge on any atom is -0.477 e. The average Bonchev–Trinajstić information content (AvgIpc) is 2.94. The molecule has 11 heteroatoms. The van der Waals surface area contributed by atoms with E-state index in [9.17, 15) is 13.2 Å². The Morgan fingerprint density at radius 3 is 2.72 bits per heavy atom. The molecule has 0 unspecified atom stereocenters. The van der Waals surface area contributed by atoms with E-state index in [1.54, 1.807) is 18.2 Å². The molecule has 2 atom stereocenters. The molecule has 0 amide bonds. The van der Waals surface area contributed by atoms with E-state index in [2.05, 4.69) is 15.0 Å². The van der Waals surface area contributed by atoms with Crippen LogP contribution >= 0.6 is 23.2 Å². The van der Waals surface area contributed by atoms with Gasteiger partial charge in [0, 0.05) is 31.7 Å². The van der Waals surface area contributed by atoms with Crippen LogP contribution in [0.1, 0.15) is 22.2 Å². The zero-order valence-corrected chi connectivity index (χ0v) is 17.5. The van der Waals surface area contributed by atoms with Gasteiger partial charge >= 0.3 is 5.97 Å². The van der Waals surface area contributed by atoms with Gasteiger partial charge in [0.15, 0.2) is 0 Å². The number of carboxylic acid groups (broad SMARTS) is 1. The number of aromatic nitrogens is 1. The molecule has 156 valence electrons. The molecule has 1 aromatic heterocycles. The molecule has 0 aliphatic carbocycles. The third-order valence-electron chi connectivity index (χ3n) is 4.48. The number of aromatic carboxylic acids is 1. The van der Waals surface area contributed by atoms with Crippen LogP contribution in [0.3, 0.4) is 0 Å². The molecule has 1 fully saturated rings. The van der Waals surface area contributed by atoms with Gasteiger partial charge in [0.05, 0.1) is 22.8 Å². The first-order valence-corrected chi connectivity index (χ1v) is 11.0. The highest BCUT2D eigenvalue weighted by Gasteiger charge is 2.28. The van der Waals surface area contributed by atoms with E-state index in [-0.39, 0.29) is 29.2 Å². The van der Waals surface area contributed by atoms with Gasteiger partial charge in [-0.25, -0.2) is 22.9 Å². The first-order valence-electron chi connectivity index (χ1n) is 8.74. The fraction of sp³-hybridized carbons (Fsp3) is 0.333. The predicted octanol–water partition coefficient (Wildman–Crippen LogP) is 2.34. The van der Waals surface area contributed by atoms with E-state index >= 15 is 0 Å². The first-order chi connectivity index (χ1) is 13.8. The second kappa shape index (κ2) is 9.38. The van der Waals surface area contributed by atoms with Gasteiger partial charge in [-0.15, -0.1) is 0 Å². The number of nitrogens with one attached hydrogen (secondary N) is 2. The van der Waals surface area contributed by atoms with Gasteiger partial charge in [-0.1, -0.05) is 29.3 Å². The number of carbonyl (C=O) groups is 1. The lowest BCUT2D eigenvalue weighted by molar-refractivity contribution is 0.0322. The molecule has 29 heavy (non-hydrogen) atoms. The largest absolute Gasteiger partial charge is 0.477 e. The number of sulfonamides is 1. The third-order valence-corrected chi connectivity index (χ3v) is 6.63. The summed E-state index contributed by atoms with van der Waals surface area (Å²) in [7, 11) is -3.87. The lowest BCUT2D eigenvalue weighted by atomic mass is 9.95. The highest BCUT2D eigenvalue weighted by Crippen LogP contribution is 2.32. The Morgan fingerprint density at radius 1 is 1.28 bits per heavy atom. The molecule has 0 saturated carbocycles. The number of carboxylic acids is 1. The Balaban J connectivity index is 1.76. The number of hydrogen-bond donors (Lipinski definition) is 3. The number of rotatable bonds is 6. The lowest BCUT2D eigenvalue weighted by Crippen LogP contribution is -2.36. The Kier molecular flexibility index (Phi) is 7.10. The van der Waals surface area contributed by atoms with Gasteiger partial charge in [0.2, 0.25) is 10.0 Å². The summed E-state index contributed by atoms with van der Waals surface area (Å²) in [6, 6.07) is 7.55. The molecule has 3 rings (SSSR count). The second-order valence-electron chi connectivity index (χ2n) is 6.47. The molecule has 1 saturated heterocycles. The number of nitrogens with zero attached hydrogens (tertiary/aromatic N) is 1. The highest BCUT2D eigenvalue weighted by atomic mass is 35.5. The summed E-state index contributed by atoms with van der Waals surface area (Å²) in [6.45, 7) is 1.74. The van der Waals surface area contributed by atoms with Crippen molar-refractivity contribution in [2.45, 2.75) is 11.0 Å². The van der Waals surface area contributed by atoms with Gasteiger partial charge in [-0.05, 0) is 29.8 Å². The number of hydrogen-bond acceptors (Lipinski definition) is 6. The molecule has 0 bridgehead atoms. The van der Waals surface area contributed by atoms with Crippen LogP contribution in [-0.4, -0.2) is 50.7 Å². The molecule has 0 radical (unpaired) electrons. The SMILES string of the molecule is O=C(O)c1ccc(S(=O)(=O)NC[C@@H]2CNCCO[C@H]2c2ccc(Cl)c(Cl)c2)cn1. The van der Waals surface area contributed by atoms with Crippen LogP contribution in [0, 0.1) is 5.92 Å². The molecular weight excluding hydrogens is 441 g/mol. The zero-order chi connectivity index (χ0) is 21.0. The Morgan fingerprint density at radius 2 is 2.07 bits per heavy atom. The van der Waals surface area contributed by atoms with Crippen molar-refractivity contribution in [1.29, 1.82) is 0 Å². The van der Waals surface area contributed by atoms with Crippen LogP contribution < -0.4 is 10.0 Å². The fourth-order valence-electron chi connectivity index (χ4n) is 2.99. The summed E-state index contributed by atoms with van der Waals surface area (Å²) in [6.07, 6.45) is 0.638. The first kappa shape index (κ1) is 21.9. The molecule has 8 nitrogen and oxygen atoms in total. The van der Waals surface area contributed by atoms with Gasteiger partial charge < -0.3 is 15.2 Å². The summed E-state index contributed by atoms with van der Waals surface area (Å²) < 4.78 is 33.7.